The predicted octanol–water partition coefficient (Wildman–Crippen LogP) is 2.78. The Morgan fingerprint density at radius 2 is 2.00 bits per heavy atom. The van der Waals surface area contributed by atoms with Crippen molar-refractivity contribution in [2.45, 2.75) is 51.7 Å². The third kappa shape index (κ3) is 5.64. The van der Waals surface area contributed by atoms with Crippen LogP contribution in [0.1, 0.15) is 42.5 Å². The molecular weight excluding hydrogens is 374 g/mol. The number of carbonyl (C=O) groups excluding carboxylic acids is 1. The Balaban J connectivity index is 1.23. The van der Waals surface area contributed by atoms with Gasteiger partial charge in [0.05, 0.1) is 5.92 Å². The molecule has 2 saturated heterocycles. The highest BCUT2D eigenvalue weighted by atomic mass is 16.1. The molecule has 4 rings (SSSR count). The van der Waals surface area contributed by atoms with Gasteiger partial charge in [-0.25, -0.2) is 0 Å². The van der Waals surface area contributed by atoms with Gasteiger partial charge in [0, 0.05) is 50.0 Å². The highest BCUT2D eigenvalue weighted by Crippen LogP contribution is 2.24. The molecule has 0 aliphatic carbocycles. The van der Waals surface area contributed by atoms with Crippen LogP contribution in [0.2, 0.25) is 0 Å². The van der Waals surface area contributed by atoms with E-state index in [-0.39, 0.29) is 11.8 Å². The molecule has 2 fully saturated rings. The number of nitrogens with zero attached hydrogens (tertiary/aromatic N) is 4. The molecule has 0 unspecified atom stereocenters. The average molecular weight is 408 g/mol. The van der Waals surface area contributed by atoms with Gasteiger partial charge in [0.2, 0.25) is 5.91 Å². The molecule has 1 amide bonds. The SMILES string of the molecule is Cc1cc(CNC(=O)[C@H]2CCCN(C3CCN(Cc4cccnc4)CC3)C2)ccn1. The summed E-state index contributed by atoms with van der Waals surface area (Å²) in [6, 6.07) is 8.78. The molecule has 6 heteroatoms. The van der Waals surface area contributed by atoms with Crippen molar-refractivity contribution in [1.29, 1.82) is 0 Å². The number of carbonyl (C=O) groups is 1. The van der Waals surface area contributed by atoms with E-state index in [4.69, 9.17) is 0 Å². The third-order valence-corrected chi connectivity index (χ3v) is 6.45. The number of hydrogen-bond donors (Lipinski definition) is 1. The van der Waals surface area contributed by atoms with Gasteiger partial charge in [-0.05, 0) is 81.6 Å². The van der Waals surface area contributed by atoms with Gasteiger partial charge in [-0.1, -0.05) is 6.07 Å². The number of nitrogens with one attached hydrogen (secondary N) is 1. The van der Waals surface area contributed by atoms with Crippen molar-refractivity contribution < 1.29 is 4.79 Å². The third-order valence-electron chi connectivity index (χ3n) is 6.45. The van der Waals surface area contributed by atoms with Gasteiger partial charge >= 0.3 is 0 Å². The number of likely N-dealkylation sites (tertiary alicyclic amines) is 2. The number of hydrogen-bond acceptors (Lipinski definition) is 5. The van der Waals surface area contributed by atoms with Crippen molar-refractivity contribution in [2.75, 3.05) is 26.2 Å². The maximum atomic E-state index is 12.8. The van der Waals surface area contributed by atoms with Crippen molar-refractivity contribution in [3.05, 3.63) is 59.7 Å². The van der Waals surface area contributed by atoms with Gasteiger partial charge in [-0.3, -0.25) is 24.6 Å². The summed E-state index contributed by atoms with van der Waals surface area (Å²) in [7, 11) is 0. The van der Waals surface area contributed by atoms with Gasteiger partial charge < -0.3 is 5.32 Å². The summed E-state index contributed by atoms with van der Waals surface area (Å²) in [4.78, 5) is 26.3. The molecule has 2 aliphatic heterocycles. The van der Waals surface area contributed by atoms with E-state index in [2.05, 4.69) is 31.2 Å². The Kier molecular flexibility index (Phi) is 7.07. The van der Waals surface area contributed by atoms with Crippen LogP contribution in [0, 0.1) is 12.8 Å². The number of amides is 1. The average Bonchev–Trinajstić information content (AvgIpc) is 2.79. The van der Waals surface area contributed by atoms with E-state index < -0.39 is 0 Å². The summed E-state index contributed by atoms with van der Waals surface area (Å²) in [5, 5.41) is 3.15. The van der Waals surface area contributed by atoms with E-state index in [1.54, 1.807) is 6.20 Å². The van der Waals surface area contributed by atoms with Crippen molar-refractivity contribution in [3.8, 4) is 0 Å². The van der Waals surface area contributed by atoms with Crippen molar-refractivity contribution in [3.63, 3.8) is 0 Å². The van der Waals surface area contributed by atoms with Crippen LogP contribution in [0.15, 0.2) is 42.9 Å². The summed E-state index contributed by atoms with van der Waals surface area (Å²) in [5.41, 5.74) is 3.39. The molecule has 0 saturated carbocycles. The molecule has 2 aromatic heterocycles. The minimum Gasteiger partial charge on any atom is -0.352 e. The van der Waals surface area contributed by atoms with Crippen molar-refractivity contribution in [1.82, 2.24) is 25.1 Å². The zero-order valence-electron chi connectivity index (χ0n) is 18.0. The van der Waals surface area contributed by atoms with Gasteiger partial charge in [-0.2, -0.15) is 0 Å². The van der Waals surface area contributed by atoms with E-state index in [0.717, 1.165) is 56.8 Å². The van der Waals surface area contributed by atoms with E-state index in [9.17, 15) is 4.79 Å². The summed E-state index contributed by atoms with van der Waals surface area (Å²) in [6.07, 6.45) is 10.1. The number of pyridine rings is 2. The molecule has 0 spiro atoms. The van der Waals surface area contributed by atoms with Gasteiger partial charge in [-0.15, -0.1) is 0 Å². The molecule has 0 bridgehead atoms. The minimum absolute atomic E-state index is 0.107. The molecule has 6 nitrogen and oxygen atoms in total. The monoisotopic (exact) mass is 407 g/mol. The van der Waals surface area contributed by atoms with Crippen LogP contribution in [0.4, 0.5) is 0 Å². The lowest BCUT2D eigenvalue weighted by Crippen LogP contribution is -2.50. The molecule has 0 radical (unpaired) electrons. The Bertz CT molecular complexity index is 819. The number of piperidine rings is 2. The fourth-order valence-corrected chi connectivity index (χ4v) is 4.79. The lowest BCUT2D eigenvalue weighted by atomic mass is 9.93. The second-order valence-electron chi connectivity index (χ2n) is 8.73. The first-order valence-corrected chi connectivity index (χ1v) is 11.2. The van der Waals surface area contributed by atoms with Crippen LogP contribution < -0.4 is 5.32 Å². The first-order chi connectivity index (χ1) is 14.7. The van der Waals surface area contributed by atoms with Gasteiger partial charge in [0.1, 0.15) is 0 Å². The molecule has 0 aromatic carbocycles. The maximum Gasteiger partial charge on any atom is 0.224 e. The van der Waals surface area contributed by atoms with Crippen LogP contribution in [0.5, 0.6) is 0 Å². The molecule has 1 N–H and O–H groups in total. The molecule has 1 atom stereocenters. The zero-order valence-corrected chi connectivity index (χ0v) is 18.0. The van der Waals surface area contributed by atoms with Gasteiger partial charge in [0.25, 0.3) is 0 Å². The smallest absolute Gasteiger partial charge is 0.224 e. The van der Waals surface area contributed by atoms with Crippen LogP contribution >= 0.6 is 0 Å². The van der Waals surface area contributed by atoms with Gasteiger partial charge in [0.15, 0.2) is 0 Å². The molecule has 30 heavy (non-hydrogen) atoms. The Morgan fingerprint density at radius 1 is 1.13 bits per heavy atom. The largest absolute Gasteiger partial charge is 0.352 e. The van der Waals surface area contributed by atoms with Crippen LogP contribution in [0.25, 0.3) is 0 Å². The molecule has 160 valence electrons. The fourth-order valence-electron chi connectivity index (χ4n) is 4.79. The summed E-state index contributed by atoms with van der Waals surface area (Å²) in [6.45, 7) is 7.82. The highest BCUT2D eigenvalue weighted by molar-refractivity contribution is 5.79. The predicted molar refractivity (Wildman–Crippen MR) is 118 cm³/mol. The summed E-state index contributed by atoms with van der Waals surface area (Å²) < 4.78 is 0. The first-order valence-electron chi connectivity index (χ1n) is 11.2. The lowest BCUT2D eigenvalue weighted by molar-refractivity contribution is -0.127. The van der Waals surface area contributed by atoms with Crippen LogP contribution in [-0.2, 0) is 17.9 Å². The molecule has 2 aromatic rings. The molecule has 4 heterocycles. The second-order valence-corrected chi connectivity index (χ2v) is 8.73. The van der Waals surface area contributed by atoms with Crippen LogP contribution in [-0.4, -0.2) is 57.9 Å². The number of rotatable bonds is 6. The molecule has 2 aliphatic rings. The van der Waals surface area contributed by atoms with E-state index in [1.165, 1.54) is 18.4 Å². The maximum absolute atomic E-state index is 12.8. The van der Waals surface area contributed by atoms with Crippen LogP contribution in [0.3, 0.4) is 0 Å². The second kappa shape index (κ2) is 10.1. The highest BCUT2D eigenvalue weighted by Gasteiger charge is 2.31. The zero-order chi connectivity index (χ0) is 20.8. The summed E-state index contributed by atoms with van der Waals surface area (Å²) in [5.74, 6) is 0.304. The lowest BCUT2D eigenvalue weighted by Gasteiger charge is -2.42. The van der Waals surface area contributed by atoms with Crippen molar-refractivity contribution >= 4 is 5.91 Å². The Morgan fingerprint density at radius 3 is 2.77 bits per heavy atom. The Hall–Kier alpha value is -2.31. The number of aromatic nitrogens is 2. The fraction of sp³-hybridized carbons (Fsp3) is 0.542. The topological polar surface area (TPSA) is 61.4 Å². The van der Waals surface area contributed by atoms with Crippen molar-refractivity contribution in [2.24, 2.45) is 5.92 Å². The minimum atomic E-state index is 0.107. The standard InChI is InChI=1S/C24H33N5O/c1-19-14-20(6-10-26-19)16-27-24(30)22-5-3-11-29(18-22)23-7-12-28(13-8-23)17-21-4-2-9-25-15-21/h2,4,6,9-10,14-15,22-23H,3,5,7-8,11-13,16-18H2,1H3,(H,27,30)/t22-/m0/s1. The summed E-state index contributed by atoms with van der Waals surface area (Å²) >= 11 is 0. The molecular formula is C24H33N5O. The first kappa shape index (κ1) is 20.9. The van der Waals surface area contributed by atoms with E-state index in [0.29, 0.717) is 12.6 Å². The van der Waals surface area contributed by atoms with E-state index in [1.807, 2.05) is 37.5 Å². The quantitative estimate of drug-likeness (QED) is 0.798. The Labute approximate surface area is 179 Å². The normalized spacial score (nSPS) is 21.4. The number of aryl methyl sites for hydroxylation is 1. The van der Waals surface area contributed by atoms with E-state index >= 15 is 0 Å².